The standard InChI is InChI=1S/C14H15FIN3O/c1-2-20-11-5-9(7-18-8-11)14(19-17)12-4-3-10(15)6-13(12)16/h3-8,14,19H,2,17H2,1H3. The number of benzene rings is 1. The number of hydrazine groups is 1. The van der Waals surface area contributed by atoms with Gasteiger partial charge < -0.3 is 4.74 Å². The molecule has 0 saturated carbocycles. The molecule has 20 heavy (non-hydrogen) atoms. The van der Waals surface area contributed by atoms with Crippen molar-refractivity contribution in [3.05, 3.63) is 57.2 Å². The summed E-state index contributed by atoms with van der Waals surface area (Å²) in [5.41, 5.74) is 4.50. The molecule has 2 aromatic rings. The van der Waals surface area contributed by atoms with Crippen molar-refractivity contribution in [3.8, 4) is 5.75 Å². The summed E-state index contributed by atoms with van der Waals surface area (Å²) < 4.78 is 19.4. The number of rotatable bonds is 5. The highest BCUT2D eigenvalue weighted by molar-refractivity contribution is 14.1. The Morgan fingerprint density at radius 2 is 2.20 bits per heavy atom. The highest BCUT2D eigenvalue weighted by atomic mass is 127. The Morgan fingerprint density at radius 3 is 2.85 bits per heavy atom. The minimum Gasteiger partial charge on any atom is -0.492 e. The van der Waals surface area contributed by atoms with Crippen LogP contribution in [0.3, 0.4) is 0 Å². The topological polar surface area (TPSA) is 60.2 Å². The van der Waals surface area contributed by atoms with E-state index in [4.69, 9.17) is 10.6 Å². The zero-order valence-corrected chi connectivity index (χ0v) is 13.1. The smallest absolute Gasteiger partial charge is 0.137 e. The lowest BCUT2D eigenvalue weighted by molar-refractivity contribution is 0.338. The second-order valence-corrected chi connectivity index (χ2v) is 5.31. The van der Waals surface area contributed by atoms with Crippen molar-refractivity contribution >= 4 is 22.6 Å². The van der Waals surface area contributed by atoms with Gasteiger partial charge in [-0.2, -0.15) is 0 Å². The Bertz CT molecular complexity index is 594. The number of pyridine rings is 1. The number of nitrogens with one attached hydrogen (secondary N) is 1. The predicted octanol–water partition coefficient (Wildman–Crippen LogP) is 2.78. The highest BCUT2D eigenvalue weighted by Crippen LogP contribution is 2.27. The van der Waals surface area contributed by atoms with Crippen molar-refractivity contribution in [2.24, 2.45) is 5.84 Å². The maximum absolute atomic E-state index is 13.2. The molecule has 2 rings (SSSR count). The average Bonchev–Trinajstić information content (AvgIpc) is 2.43. The average molecular weight is 387 g/mol. The fourth-order valence-electron chi connectivity index (χ4n) is 1.94. The minimum absolute atomic E-state index is 0.268. The predicted molar refractivity (Wildman–Crippen MR) is 83.7 cm³/mol. The van der Waals surface area contributed by atoms with Crippen LogP contribution in [-0.2, 0) is 0 Å². The van der Waals surface area contributed by atoms with Crippen molar-refractivity contribution in [2.75, 3.05) is 6.61 Å². The maximum atomic E-state index is 13.2. The van der Waals surface area contributed by atoms with Gasteiger partial charge in [0, 0.05) is 9.77 Å². The van der Waals surface area contributed by atoms with Crippen molar-refractivity contribution < 1.29 is 9.13 Å². The van der Waals surface area contributed by atoms with Gasteiger partial charge in [-0.05, 0) is 58.8 Å². The maximum Gasteiger partial charge on any atom is 0.137 e. The van der Waals surface area contributed by atoms with Gasteiger partial charge in [0.15, 0.2) is 0 Å². The molecule has 3 N–H and O–H groups in total. The lowest BCUT2D eigenvalue weighted by Crippen LogP contribution is -2.29. The second kappa shape index (κ2) is 6.96. The Labute approximate surface area is 130 Å². The third-order valence-electron chi connectivity index (χ3n) is 2.82. The van der Waals surface area contributed by atoms with E-state index in [2.05, 4.69) is 33.0 Å². The summed E-state index contributed by atoms with van der Waals surface area (Å²) in [6.07, 6.45) is 3.36. The Balaban J connectivity index is 2.38. The van der Waals surface area contributed by atoms with Gasteiger partial charge in [0.05, 0.1) is 18.8 Å². The molecular weight excluding hydrogens is 372 g/mol. The van der Waals surface area contributed by atoms with E-state index in [9.17, 15) is 4.39 Å². The molecule has 1 aromatic heterocycles. The van der Waals surface area contributed by atoms with E-state index < -0.39 is 0 Å². The highest BCUT2D eigenvalue weighted by Gasteiger charge is 2.17. The quantitative estimate of drug-likeness (QED) is 0.471. The van der Waals surface area contributed by atoms with E-state index >= 15 is 0 Å². The van der Waals surface area contributed by atoms with Crippen LogP contribution in [0.2, 0.25) is 0 Å². The summed E-state index contributed by atoms with van der Waals surface area (Å²) in [5.74, 6) is 6.07. The lowest BCUT2D eigenvalue weighted by atomic mass is 10.0. The summed E-state index contributed by atoms with van der Waals surface area (Å²) in [4.78, 5) is 4.15. The summed E-state index contributed by atoms with van der Waals surface area (Å²) in [5, 5.41) is 0. The Morgan fingerprint density at radius 1 is 1.40 bits per heavy atom. The third kappa shape index (κ3) is 3.44. The molecule has 0 amide bonds. The van der Waals surface area contributed by atoms with Gasteiger partial charge >= 0.3 is 0 Å². The van der Waals surface area contributed by atoms with Gasteiger partial charge in [0.1, 0.15) is 11.6 Å². The van der Waals surface area contributed by atoms with Gasteiger partial charge in [0.2, 0.25) is 0 Å². The molecule has 0 spiro atoms. The van der Waals surface area contributed by atoms with Crippen LogP contribution in [0.4, 0.5) is 4.39 Å². The summed E-state index contributed by atoms with van der Waals surface area (Å²) in [6.45, 7) is 2.48. The van der Waals surface area contributed by atoms with Crippen molar-refractivity contribution in [1.82, 2.24) is 10.4 Å². The van der Waals surface area contributed by atoms with Gasteiger partial charge in [-0.25, -0.2) is 9.82 Å². The molecule has 0 bridgehead atoms. The van der Waals surface area contributed by atoms with Crippen LogP contribution in [0.25, 0.3) is 0 Å². The van der Waals surface area contributed by atoms with Crippen LogP contribution in [0.5, 0.6) is 5.75 Å². The number of nitrogens with zero attached hydrogens (tertiary/aromatic N) is 1. The molecule has 1 atom stereocenters. The van der Waals surface area contributed by atoms with Crippen LogP contribution in [0.15, 0.2) is 36.7 Å². The molecule has 0 aliphatic carbocycles. The third-order valence-corrected chi connectivity index (χ3v) is 3.75. The molecule has 1 heterocycles. The van der Waals surface area contributed by atoms with Crippen molar-refractivity contribution in [2.45, 2.75) is 13.0 Å². The minimum atomic E-state index is -0.268. The number of hydrogen-bond acceptors (Lipinski definition) is 4. The number of aromatic nitrogens is 1. The number of hydrogen-bond donors (Lipinski definition) is 2. The first-order valence-corrected chi connectivity index (χ1v) is 7.22. The lowest BCUT2D eigenvalue weighted by Gasteiger charge is -2.18. The monoisotopic (exact) mass is 387 g/mol. The van der Waals surface area contributed by atoms with E-state index in [-0.39, 0.29) is 11.9 Å². The summed E-state index contributed by atoms with van der Waals surface area (Å²) >= 11 is 2.09. The van der Waals surface area contributed by atoms with Crippen LogP contribution < -0.4 is 16.0 Å². The Hall–Kier alpha value is -1.25. The largest absolute Gasteiger partial charge is 0.492 e. The fourth-order valence-corrected chi connectivity index (χ4v) is 2.73. The van der Waals surface area contributed by atoms with Gasteiger partial charge in [-0.3, -0.25) is 10.8 Å². The zero-order chi connectivity index (χ0) is 14.5. The van der Waals surface area contributed by atoms with Crippen molar-refractivity contribution in [1.29, 1.82) is 0 Å². The molecule has 0 radical (unpaired) electrons. The molecule has 106 valence electrons. The van der Waals surface area contributed by atoms with Crippen LogP contribution in [-0.4, -0.2) is 11.6 Å². The molecular formula is C14H15FIN3O. The van der Waals surface area contributed by atoms with Crippen LogP contribution in [0, 0.1) is 9.39 Å². The fraction of sp³-hybridized carbons (Fsp3) is 0.214. The van der Waals surface area contributed by atoms with Crippen molar-refractivity contribution in [3.63, 3.8) is 0 Å². The molecule has 6 heteroatoms. The van der Waals surface area contributed by atoms with E-state index in [0.717, 1.165) is 14.7 Å². The first-order valence-electron chi connectivity index (χ1n) is 6.14. The second-order valence-electron chi connectivity index (χ2n) is 4.15. The van der Waals surface area contributed by atoms with Gasteiger partial charge in [-0.15, -0.1) is 0 Å². The van der Waals surface area contributed by atoms with E-state index in [1.54, 1.807) is 18.5 Å². The van der Waals surface area contributed by atoms with E-state index in [1.165, 1.54) is 12.1 Å². The first kappa shape index (κ1) is 15.1. The van der Waals surface area contributed by atoms with E-state index in [1.807, 2.05) is 13.0 Å². The van der Waals surface area contributed by atoms with E-state index in [0.29, 0.717) is 12.4 Å². The van der Waals surface area contributed by atoms with Gasteiger partial charge in [-0.1, -0.05) is 6.07 Å². The molecule has 0 fully saturated rings. The SMILES string of the molecule is CCOc1cncc(C(NN)c2ccc(F)cc2I)c1. The Kier molecular flexibility index (Phi) is 5.27. The normalized spacial score (nSPS) is 12.2. The van der Waals surface area contributed by atoms with Crippen LogP contribution in [0.1, 0.15) is 24.1 Å². The summed E-state index contributed by atoms with van der Waals surface area (Å²) in [6, 6.07) is 6.22. The molecule has 0 aliphatic rings. The molecule has 1 aromatic carbocycles. The molecule has 1 unspecified atom stereocenters. The molecule has 4 nitrogen and oxygen atoms in total. The number of ether oxygens (including phenoxy) is 1. The number of nitrogens with two attached hydrogens (primary N) is 1. The van der Waals surface area contributed by atoms with Crippen LogP contribution >= 0.6 is 22.6 Å². The number of halogens is 2. The summed E-state index contributed by atoms with van der Waals surface area (Å²) in [7, 11) is 0. The van der Waals surface area contributed by atoms with Gasteiger partial charge in [0.25, 0.3) is 0 Å². The zero-order valence-electron chi connectivity index (χ0n) is 10.9. The molecule has 0 saturated heterocycles. The first-order chi connectivity index (χ1) is 9.65. The molecule has 0 aliphatic heterocycles.